The minimum Gasteiger partial charge on any atom is -0.507 e. The zero-order valence-corrected chi connectivity index (χ0v) is 29.4. The lowest BCUT2D eigenvalue weighted by molar-refractivity contribution is -0.121. The van der Waals surface area contributed by atoms with Crippen LogP contribution in [0.3, 0.4) is 0 Å². The van der Waals surface area contributed by atoms with E-state index in [1.54, 1.807) is 31.2 Å². The van der Waals surface area contributed by atoms with Gasteiger partial charge in [-0.2, -0.15) is 0 Å². The lowest BCUT2D eigenvalue weighted by Gasteiger charge is -2.24. The molecule has 270 valence electrons. The summed E-state index contributed by atoms with van der Waals surface area (Å²) < 4.78 is 24.3. The van der Waals surface area contributed by atoms with Crippen LogP contribution >= 0.6 is 0 Å². The van der Waals surface area contributed by atoms with Crippen molar-refractivity contribution in [2.24, 2.45) is 0 Å². The molecule has 0 saturated heterocycles. The normalized spacial score (nSPS) is 16.7. The Morgan fingerprint density at radius 2 is 1.80 bits per heavy atom. The van der Waals surface area contributed by atoms with Gasteiger partial charge in [0.15, 0.2) is 11.5 Å². The number of esters is 1. The van der Waals surface area contributed by atoms with E-state index >= 15 is 0 Å². The minimum atomic E-state index is -0.979. The van der Waals surface area contributed by atoms with Gasteiger partial charge in [-0.3, -0.25) is 9.59 Å². The van der Waals surface area contributed by atoms with E-state index in [4.69, 9.17) is 18.9 Å². The average molecular weight is 700 g/mol. The first kappa shape index (κ1) is 36.8. The lowest BCUT2D eigenvalue weighted by atomic mass is 9.84. The molecule has 0 radical (unpaired) electrons. The summed E-state index contributed by atoms with van der Waals surface area (Å²) in [5.41, 5.74) is 2.12. The highest BCUT2D eigenvalue weighted by atomic mass is 16.5. The van der Waals surface area contributed by atoms with Gasteiger partial charge in [-0.25, -0.2) is 9.78 Å². The number of amides is 1. The largest absolute Gasteiger partial charge is 0.507 e. The maximum absolute atomic E-state index is 13.7. The molecule has 4 aromatic rings. The number of aromatic hydroxyl groups is 2. The summed E-state index contributed by atoms with van der Waals surface area (Å²) in [5, 5.41) is 26.4. The second kappa shape index (κ2) is 16.9. The van der Waals surface area contributed by atoms with Crippen molar-refractivity contribution in [2.75, 3.05) is 27.9 Å². The Morgan fingerprint density at radius 3 is 2.51 bits per heavy atom. The molecule has 51 heavy (non-hydrogen) atoms. The Labute approximate surface area is 297 Å². The van der Waals surface area contributed by atoms with Gasteiger partial charge in [0.25, 0.3) is 0 Å². The number of ketones is 1. The predicted octanol–water partition coefficient (Wildman–Crippen LogP) is 6.13. The third kappa shape index (κ3) is 8.80. The monoisotopic (exact) mass is 699 g/mol. The van der Waals surface area contributed by atoms with E-state index < -0.39 is 23.7 Å². The van der Waals surface area contributed by atoms with E-state index in [9.17, 15) is 24.6 Å². The van der Waals surface area contributed by atoms with Crippen molar-refractivity contribution in [1.82, 2.24) is 14.7 Å². The molecule has 0 saturated carbocycles. The number of imidazole rings is 1. The highest BCUT2D eigenvalue weighted by Crippen LogP contribution is 2.47. The lowest BCUT2D eigenvalue weighted by Crippen LogP contribution is -2.27. The first-order valence-corrected chi connectivity index (χ1v) is 17.1. The Morgan fingerprint density at radius 1 is 1.06 bits per heavy atom. The second-order valence-corrected chi connectivity index (χ2v) is 12.6. The number of rotatable bonds is 10. The van der Waals surface area contributed by atoms with Gasteiger partial charge in [-0.15, -0.1) is 0 Å². The number of nitrogens with one attached hydrogen (secondary N) is 1. The molecule has 12 nitrogen and oxygen atoms in total. The molecule has 0 bridgehead atoms. The van der Waals surface area contributed by atoms with E-state index in [1.165, 1.54) is 27.4 Å². The fourth-order valence-corrected chi connectivity index (χ4v) is 6.40. The molecule has 1 aliphatic heterocycles. The summed E-state index contributed by atoms with van der Waals surface area (Å²) in [6, 6.07) is 10.4. The second-order valence-electron chi connectivity index (χ2n) is 12.6. The molecule has 0 aliphatic carbocycles. The number of hydrogen-bond acceptors (Lipinski definition) is 10. The summed E-state index contributed by atoms with van der Waals surface area (Å²) >= 11 is 0. The Kier molecular flexibility index (Phi) is 12.2. The van der Waals surface area contributed by atoms with Gasteiger partial charge in [0.05, 0.1) is 33.1 Å². The number of benzene rings is 2. The summed E-state index contributed by atoms with van der Waals surface area (Å²) in [7, 11) is 4.39. The number of aromatic nitrogens is 2. The summed E-state index contributed by atoms with van der Waals surface area (Å²) in [6.07, 6.45) is 10.0. The molecule has 2 atom stereocenters. The third-order valence-electron chi connectivity index (χ3n) is 9.00. The van der Waals surface area contributed by atoms with Crippen molar-refractivity contribution in [3.05, 3.63) is 82.8 Å². The van der Waals surface area contributed by atoms with Crippen molar-refractivity contribution in [1.29, 1.82) is 0 Å². The minimum absolute atomic E-state index is 0.0387. The zero-order valence-electron chi connectivity index (χ0n) is 29.4. The van der Waals surface area contributed by atoms with Crippen LogP contribution in [0, 0.1) is 0 Å². The number of ether oxygens (including phenoxy) is 4. The van der Waals surface area contributed by atoms with Gasteiger partial charge in [-0.05, 0) is 74.1 Å². The van der Waals surface area contributed by atoms with Gasteiger partial charge in [0.2, 0.25) is 11.7 Å². The van der Waals surface area contributed by atoms with Crippen LogP contribution < -0.4 is 19.5 Å². The van der Waals surface area contributed by atoms with E-state index in [0.29, 0.717) is 67.8 Å². The topological polar surface area (TPSA) is 158 Å². The Bertz CT molecular complexity index is 1860. The number of pyridine rings is 1. The Hall–Kier alpha value is -5.52. The van der Waals surface area contributed by atoms with E-state index in [2.05, 4.69) is 10.3 Å². The van der Waals surface area contributed by atoms with Crippen LogP contribution in [0.15, 0.2) is 54.9 Å². The maximum Gasteiger partial charge on any atom is 0.342 e. The molecule has 3 N–H and O–H groups in total. The van der Waals surface area contributed by atoms with Crippen LogP contribution in [0.2, 0.25) is 0 Å². The molecule has 1 unspecified atom stereocenters. The molecule has 0 spiro atoms. The van der Waals surface area contributed by atoms with Gasteiger partial charge >= 0.3 is 5.97 Å². The molecule has 2 aromatic heterocycles. The van der Waals surface area contributed by atoms with Crippen LogP contribution in [0.1, 0.15) is 90.5 Å². The first-order chi connectivity index (χ1) is 24.6. The molecule has 0 fully saturated rings. The number of hydrogen-bond donors (Lipinski definition) is 3. The number of Topliss-reactive ketones (excluding diaryl/α,β-unsaturated/α-hetero) is 1. The highest BCUT2D eigenvalue weighted by Gasteiger charge is 2.32. The smallest absolute Gasteiger partial charge is 0.342 e. The summed E-state index contributed by atoms with van der Waals surface area (Å²) in [5.74, 6) is -1.89. The predicted molar refractivity (Wildman–Crippen MR) is 191 cm³/mol. The highest BCUT2D eigenvalue weighted by molar-refractivity contribution is 5.98. The van der Waals surface area contributed by atoms with Gasteiger partial charge < -0.3 is 38.9 Å². The summed E-state index contributed by atoms with van der Waals surface area (Å²) in [6.45, 7) is 2.02. The van der Waals surface area contributed by atoms with Crippen molar-refractivity contribution in [2.45, 2.75) is 70.3 Å². The molecule has 1 aliphatic rings. The molecule has 5 rings (SSSR count). The number of cyclic esters (lactones) is 1. The number of nitrogens with zero attached hydrogens (tertiary/aromatic N) is 2. The average Bonchev–Trinajstić information content (AvgIpc) is 3.52. The molecule has 12 heteroatoms. The number of carbonyl (C=O) groups is 3. The Balaban J connectivity index is 1.54. The number of allylic oxidation sites excluding steroid dienone is 1. The van der Waals surface area contributed by atoms with Crippen molar-refractivity contribution >= 4 is 29.4 Å². The molecule has 3 heterocycles. The van der Waals surface area contributed by atoms with Crippen LogP contribution in [-0.4, -0.2) is 71.2 Å². The van der Waals surface area contributed by atoms with Gasteiger partial charge in [-0.1, -0.05) is 18.2 Å². The number of phenols is 2. The first-order valence-electron chi connectivity index (χ1n) is 17.1. The fourth-order valence-electron chi connectivity index (χ4n) is 6.40. The number of phenolic OH excluding ortho intramolecular Hbond substituents is 2. The maximum atomic E-state index is 13.7. The third-order valence-corrected chi connectivity index (χ3v) is 9.00. The summed E-state index contributed by atoms with van der Waals surface area (Å²) in [4.78, 5) is 44.2. The van der Waals surface area contributed by atoms with E-state index in [1.807, 2.05) is 35.0 Å². The SMILES string of the molecule is COc1cc(C(CC(=O)NCCc2cn3ccccc3n2)c2c(O)cc3c(c2O)C(=O)O[C@@H](C)CCCC(=O)CCC/C=C/3)cc(OC)c1OC. The van der Waals surface area contributed by atoms with Gasteiger partial charge in [0.1, 0.15) is 28.5 Å². The molecule has 1 amide bonds. The van der Waals surface area contributed by atoms with Crippen LogP contribution in [0.4, 0.5) is 0 Å². The molecular weight excluding hydrogens is 654 g/mol. The number of carbonyl (C=O) groups excluding carboxylic acids is 3. The number of fused-ring (bicyclic) bond motifs is 2. The standard InChI is InChI=1S/C39H45N3O9/c1-24-11-10-14-28(43)13-7-5-6-12-25-19-30(44)36(37(46)35(25)39(47)51-24)29(26-20-31(48-2)38(50-4)32(21-26)49-3)22-34(45)40-17-16-27-23-42-18-9-8-15-33(42)41-27/h6,8-9,12,15,18-21,23-24,29,44,46H,5,7,10-11,13-14,16-17,22H2,1-4H3,(H,40,45)/b12-6+/t24-,29?/m0/s1. The van der Waals surface area contributed by atoms with Crippen molar-refractivity contribution in [3.63, 3.8) is 0 Å². The van der Waals surface area contributed by atoms with Gasteiger partial charge in [0, 0.05) is 56.1 Å². The fraction of sp³-hybridized carbons (Fsp3) is 0.385. The van der Waals surface area contributed by atoms with Crippen LogP contribution in [0.25, 0.3) is 11.7 Å². The van der Waals surface area contributed by atoms with Crippen LogP contribution in [-0.2, 0) is 20.7 Å². The quantitative estimate of drug-likeness (QED) is 0.164. The zero-order chi connectivity index (χ0) is 36.5. The van der Waals surface area contributed by atoms with Crippen LogP contribution in [0.5, 0.6) is 28.7 Å². The molecule has 2 aromatic carbocycles. The number of methoxy groups -OCH3 is 3. The van der Waals surface area contributed by atoms with E-state index in [0.717, 1.165) is 11.3 Å². The van der Waals surface area contributed by atoms with Crippen molar-refractivity contribution in [3.8, 4) is 28.7 Å². The molecular formula is C39H45N3O9. The van der Waals surface area contributed by atoms with Crippen molar-refractivity contribution < 1.29 is 43.5 Å². The van der Waals surface area contributed by atoms with E-state index in [-0.39, 0.29) is 47.1 Å².